The van der Waals surface area contributed by atoms with Gasteiger partial charge in [0, 0.05) is 37.4 Å². The van der Waals surface area contributed by atoms with Crippen molar-refractivity contribution in [1.82, 2.24) is 4.90 Å². The highest BCUT2D eigenvalue weighted by Crippen LogP contribution is 2.24. The van der Waals surface area contributed by atoms with Crippen LogP contribution in [0.1, 0.15) is 31.7 Å². The van der Waals surface area contributed by atoms with Crippen molar-refractivity contribution < 1.29 is 19.8 Å². The van der Waals surface area contributed by atoms with Crippen molar-refractivity contribution in [3.8, 4) is 0 Å². The number of hydrogen-bond donors (Lipinski definition) is 2. The van der Waals surface area contributed by atoms with Crippen molar-refractivity contribution in [2.24, 2.45) is 5.92 Å². The number of carbonyl (C=O) groups is 2. The van der Waals surface area contributed by atoms with Gasteiger partial charge in [0.2, 0.25) is 5.91 Å². The molecule has 1 amide bonds. The Morgan fingerprint density at radius 1 is 1.26 bits per heavy atom. The molecule has 6 heteroatoms. The summed E-state index contributed by atoms with van der Waals surface area (Å²) in [6, 6.07) is 7.58. The Morgan fingerprint density at radius 2 is 1.83 bits per heavy atom. The third kappa shape index (κ3) is 4.69. The standard InChI is InChI=1S/C17H22ClNO4/c1-12(10-13-2-4-14(18)5-3-13)11-15(20)19-8-6-17(23,7-9-19)16(21)22/h2-5,12,23H,6-11H2,1H3,(H,21,22). The van der Waals surface area contributed by atoms with Crippen LogP contribution in [-0.4, -0.2) is 45.7 Å². The molecule has 1 aromatic rings. The highest BCUT2D eigenvalue weighted by molar-refractivity contribution is 6.30. The van der Waals surface area contributed by atoms with Gasteiger partial charge in [-0.3, -0.25) is 4.79 Å². The predicted molar refractivity (Wildman–Crippen MR) is 87.3 cm³/mol. The average molecular weight is 340 g/mol. The lowest BCUT2D eigenvalue weighted by atomic mass is 9.91. The van der Waals surface area contributed by atoms with Crippen LogP contribution >= 0.6 is 11.6 Å². The molecular weight excluding hydrogens is 318 g/mol. The quantitative estimate of drug-likeness (QED) is 0.863. The Labute approximate surface area is 140 Å². The minimum atomic E-state index is -1.69. The summed E-state index contributed by atoms with van der Waals surface area (Å²) in [6.07, 6.45) is 1.36. The Morgan fingerprint density at radius 3 is 2.35 bits per heavy atom. The van der Waals surface area contributed by atoms with Crippen LogP contribution in [0.15, 0.2) is 24.3 Å². The second kappa shape index (κ2) is 7.32. The second-order valence-corrected chi connectivity index (χ2v) is 6.79. The number of rotatable bonds is 5. The number of nitrogens with zero attached hydrogens (tertiary/aromatic N) is 1. The number of likely N-dealkylation sites (tertiary alicyclic amines) is 1. The smallest absolute Gasteiger partial charge is 0.335 e. The maximum absolute atomic E-state index is 12.3. The van der Waals surface area contributed by atoms with E-state index in [0.717, 1.165) is 12.0 Å². The van der Waals surface area contributed by atoms with E-state index >= 15 is 0 Å². The molecule has 1 atom stereocenters. The van der Waals surface area contributed by atoms with Crippen molar-refractivity contribution in [3.63, 3.8) is 0 Å². The highest BCUT2D eigenvalue weighted by Gasteiger charge is 2.40. The van der Waals surface area contributed by atoms with E-state index in [9.17, 15) is 14.7 Å². The number of carboxylic acid groups (broad SMARTS) is 1. The van der Waals surface area contributed by atoms with Crippen molar-refractivity contribution in [2.75, 3.05) is 13.1 Å². The SMILES string of the molecule is CC(CC(=O)N1CCC(O)(C(=O)O)CC1)Cc1ccc(Cl)cc1. The molecule has 23 heavy (non-hydrogen) atoms. The first-order valence-corrected chi connectivity index (χ1v) is 8.16. The Hall–Kier alpha value is -1.59. The van der Waals surface area contributed by atoms with E-state index in [4.69, 9.17) is 16.7 Å². The van der Waals surface area contributed by atoms with E-state index in [-0.39, 0.29) is 37.8 Å². The largest absolute Gasteiger partial charge is 0.479 e. The number of carbonyl (C=O) groups excluding carboxylic acids is 1. The molecule has 1 aliphatic heterocycles. The lowest BCUT2D eigenvalue weighted by Crippen LogP contribution is -2.51. The van der Waals surface area contributed by atoms with Gasteiger partial charge >= 0.3 is 5.97 Å². The number of aliphatic carboxylic acids is 1. The van der Waals surface area contributed by atoms with Crippen LogP contribution in [-0.2, 0) is 16.0 Å². The molecule has 0 radical (unpaired) electrons. The van der Waals surface area contributed by atoms with Crippen LogP contribution in [0.25, 0.3) is 0 Å². The molecule has 126 valence electrons. The van der Waals surface area contributed by atoms with Crippen molar-refractivity contribution in [2.45, 2.75) is 38.2 Å². The van der Waals surface area contributed by atoms with Crippen LogP contribution in [0.2, 0.25) is 5.02 Å². The number of amides is 1. The summed E-state index contributed by atoms with van der Waals surface area (Å²) in [5.41, 5.74) is -0.556. The first-order chi connectivity index (χ1) is 10.8. The first-order valence-electron chi connectivity index (χ1n) is 7.78. The van der Waals surface area contributed by atoms with E-state index < -0.39 is 11.6 Å². The average Bonchev–Trinajstić information content (AvgIpc) is 2.50. The molecule has 1 aromatic carbocycles. The van der Waals surface area contributed by atoms with Gasteiger partial charge in [0.05, 0.1) is 0 Å². The summed E-state index contributed by atoms with van der Waals surface area (Å²) >= 11 is 5.86. The van der Waals surface area contributed by atoms with Crippen molar-refractivity contribution in [1.29, 1.82) is 0 Å². The summed E-state index contributed by atoms with van der Waals surface area (Å²) in [5, 5.41) is 19.6. The number of hydrogen-bond acceptors (Lipinski definition) is 3. The zero-order chi connectivity index (χ0) is 17.0. The van der Waals surface area contributed by atoms with Crippen LogP contribution in [0.4, 0.5) is 0 Å². The molecule has 0 saturated carbocycles. The van der Waals surface area contributed by atoms with Gasteiger partial charge in [0.25, 0.3) is 0 Å². The number of halogens is 1. The number of benzene rings is 1. The van der Waals surface area contributed by atoms with Gasteiger partial charge < -0.3 is 15.1 Å². The molecule has 1 aliphatic rings. The Kier molecular flexibility index (Phi) is 5.65. The molecule has 1 fully saturated rings. The molecule has 5 nitrogen and oxygen atoms in total. The fourth-order valence-electron chi connectivity index (χ4n) is 2.86. The van der Waals surface area contributed by atoms with Gasteiger partial charge in [-0.05, 0) is 30.0 Å². The van der Waals surface area contributed by atoms with Crippen LogP contribution in [0.5, 0.6) is 0 Å². The van der Waals surface area contributed by atoms with Crippen LogP contribution in [0, 0.1) is 5.92 Å². The molecule has 2 rings (SSSR count). The maximum Gasteiger partial charge on any atom is 0.335 e. The Bertz CT molecular complexity index is 564. The third-order valence-corrected chi connectivity index (χ3v) is 4.61. The van der Waals surface area contributed by atoms with Gasteiger partial charge in [0.1, 0.15) is 0 Å². The first kappa shape index (κ1) is 17.8. The number of piperidine rings is 1. The van der Waals surface area contributed by atoms with Crippen molar-refractivity contribution >= 4 is 23.5 Å². The fraction of sp³-hybridized carbons (Fsp3) is 0.529. The Balaban J connectivity index is 1.83. The normalized spacial score (nSPS) is 18.5. The van der Waals surface area contributed by atoms with E-state index in [1.165, 1.54) is 0 Å². The highest BCUT2D eigenvalue weighted by atomic mass is 35.5. The summed E-state index contributed by atoms with van der Waals surface area (Å²) in [7, 11) is 0. The molecule has 0 bridgehead atoms. The minimum Gasteiger partial charge on any atom is -0.479 e. The lowest BCUT2D eigenvalue weighted by molar-refractivity contribution is -0.165. The van der Waals surface area contributed by atoms with Gasteiger partial charge in [-0.2, -0.15) is 0 Å². The topological polar surface area (TPSA) is 77.8 Å². The molecule has 0 spiro atoms. The molecule has 1 saturated heterocycles. The second-order valence-electron chi connectivity index (χ2n) is 6.36. The van der Waals surface area contributed by atoms with Gasteiger partial charge in [-0.1, -0.05) is 30.7 Å². The molecule has 1 heterocycles. The van der Waals surface area contributed by atoms with E-state index in [0.29, 0.717) is 11.4 Å². The fourth-order valence-corrected chi connectivity index (χ4v) is 2.99. The third-order valence-electron chi connectivity index (χ3n) is 4.36. The number of carboxylic acids is 1. The van der Waals surface area contributed by atoms with Crippen LogP contribution < -0.4 is 0 Å². The maximum atomic E-state index is 12.3. The molecule has 0 aromatic heterocycles. The molecule has 2 N–H and O–H groups in total. The molecule has 0 aliphatic carbocycles. The number of aliphatic hydroxyl groups is 1. The monoisotopic (exact) mass is 339 g/mol. The lowest BCUT2D eigenvalue weighted by Gasteiger charge is -2.35. The summed E-state index contributed by atoms with van der Waals surface area (Å²) in [6.45, 7) is 2.59. The summed E-state index contributed by atoms with van der Waals surface area (Å²) in [5.74, 6) is -1.01. The van der Waals surface area contributed by atoms with E-state index in [1.807, 2.05) is 31.2 Å². The van der Waals surface area contributed by atoms with Gasteiger partial charge in [-0.15, -0.1) is 0 Å². The summed E-state index contributed by atoms with van der Waals surface area (Å²) in [4.78, 5) is 25.0. The van der Waals surface area contributed by atoms with Crippen molar-refractivity contribution in [3.05, 3.63) is 34.9 Å². The summed E-state index contributed by atoms with van der Waals surface area (Å²) < 4.78 is 0. The minimum absolute atomic E-state index is 0.0129. The van der Waals surface area contributed by atoms with E-state index in [2.05, 4.69) is 0 Å². The molecule has 1 unspecified atom stereocenters. The van der Waals surface area contributed by atoms with Gasteiger partial charge in [0.15, 0.2) is 5.60 Å². The van der Waals surface area contributed by atoms with Gasteiger partial charge in [-0.25, -0.2) is 4.79 Å². The van der Waals surface area contributed by atoms with Crippen LogP contribution in [0.3, 0.4) is 0 Å². The molecular formula is C17H22ClNO4. The predicted octanol–water partition coefficient (Wildman–Crippen LogP) is 2.35. The van der Waals surface area contributed by atoms with E-state index in [1.54, 1.807) is 4.90 Å². The zero-order valence-corrected chi connectivity index (χ0v) is 13.9. The zero-order valence-electron chi connectivity index (χ0n) is 13.2.